The van der Waals surface area contributed by atoms with Gasteiger partial charge in [0.1, 0.15) is 0 Å². The van der Waals surface area contributed by atoms with E-state index in [1.165, 1.54) is 0 Å². The number of hydrogen-bond donors (Lipinski definition) is 0. The van der Waals surface area contributed by atoms with Gasteiger partial charge in [-0.3, -0.25) is 0 Å². The van der Waals surface area contributed by atoms with Gasteiger partial charge in [-0.2, -0.15) is 0 Å². The summed E-state index contributed by atoms with van der Waals surface area (Å²) >= 11 is -0.310. The summed E-state index contributed by atoms with van der Waals surface area (Å²) in [7, 11) is 0. The van der Waals surface area contributed by atoms with Gasteiger partial charge in [-0.25, -0.2) is 0 Å². The van der Waals surface area contributed by atoms with Crippen molar-refractivity contribution < 1.29 is 4.79 Å². The van der Waals surface area contributed by atoms with Crippen LogP contribution >= 0.6 is 0 Å². The van der Waals surface area contributed by atoms with Crippen LogP contribution in [0, 0.1) is 0 Å². The molecule has 1 unspecified atom stereocenters. The molecule has 1 aliphatic rings. The molecule has 1 aliphatic heterocycles. The molecule has 0 aliphatic carbocycles. The molecule has 3 heteroatoms. The van der Waals surface area contributed by atoms with Crippen molar-refractivity contribution in [2.24, 2.45) is 3.86 Å². The molecule has 2 aromatic carbocycles. The van der Waals surface area contributed by atoms with E-state index in [1.54, 1.807) is 0 Å². The summed E-state index contributed by atoms with van der Waals surface area (Å²) in [4.78, 5) is 13.0. The fraction of sp³-hybridized carbons (Fsp3) is 0.0556. The normalized spacial score (nSPS) is 15.3. The number of Topliss-reactive ketones (excluding diaryl/α,β-unsaturated/α-hetero) is 1. The van der Waals surface area contributed by atoms with Crippen LogP contribution in [-0.2, 0) is 0 Å². The Hall–Kier alpha value is -2.05. The molecule has 0 fully saturated rings. The van der Waals surface area contributed by atoms with Crippen molar-refractivity contribution in [2.45, 2.75) is 5.92 Å². The van der Waals surface area contributed by atoms with Crippen LogP contribution < -0.4 is 0 Å². The Balaban J connectivity index is 2.05. The van der Waals surface area contributed by atoms with Crippen molar-refractivity contribution in [3.05, 3.63) is 94.5 Å². The molecule has 2 nitrogen and oxygen atoms in total. The van der Waals surface area contributed by atoms with Gasteiger partial charge < -0.3 is 0 Å². The monoisotopic (exact) mass is 335 g/mol. The van der Waals surface area contributed by atoms with Gasteiger partial charge in [0.05, 0.1) is 0 Å². The average Bonchev–Trinajstić information content (AvgIpc) is 2.58. The Bertz CT molecular complexity index is 717. The number of nitrogens with zero attached hydrogens (tertiary/aromatic N) is 1. The van der Waals surface area contributed by atoms with E-state index in [0.717, 1.165) is 15.5 Å². The SMILES string of the molecule is O=C(c1ccccc1)C(C1=CC=CN=[As]1)c1ccccc1. The second kappa shape index (κ2) is 6.60. The first-order valence-electron chi connectivity index (χ1n) is 6.78. The van der Waals surface area contributed by atoms with Crippen molar-refractivity contribution in [1.29, 1.82) is 0 Å². The molecule has 0 spiro atoms. The van der Waals surface area contributed by atoms with Crippen molar-refractivity contribution in [2.75, 3.05) is 0 Å². The van der Waals surface area contributed by atoms with Gasteiger partial charge in [-0.1, -0.05) is 0 Å². The summed E-state index contributed by atoms with van der Waals surface area (Å²) in [6, 6.07) is 19.5. The second-order valence-corrected chi connectivity index (χ2v) is 6.71. The zero-order valence-corrected chi connectivity index (χ0v) is 13.3. The summed E-state index contributed by atoms with van der Waals surface area (Å²) in [6.07, 6.45) is 5.78. The van der Waals surface area contributed by atoms with Gasteiger partial charge in [0.15, 0.2) is 0 Å². The van der Waals surface area contributed by atoms with E-state index in [0.29, 0.717) is 0 Å². The van der Waals surface area contributed by atoms with E-state index in [4.69, 9.17) is 0 Å². The molecule has 3 rings (SSSR count). The van der Waals surface area contributed by atoms with Crippen molar-refractivity contribution in [3.63, 3.8) is 0 Å². The Labute approximate surface area is 130 Å². The number of allylic oxidation sites excluding steroid dienone is 3. The van der Waals surface area contributed by atoms with Gasteiger partial charge in [-0.05, 0) is 0 Å². The number of carbonyl (C=O) groups is 1. The quantitative estimate of drug-likeness (QED) is 0.614. The molecule has 0 radical (unpaired) electrons. The second-order valence-electron chi connectivity index (χ2n) is 4.72. The third-order valence-corrected chi connectivity index (χ3v) is 5.20. The summed E-state index contributed by atoms with van der Waals surface area (Å²) in [6.45, 7) is 0. The van der Waals surface area contributed by atoms with E-state index < -0.39 is 0 Å². The number of rotatable bonds is 4. The van der Waals surface area contributed by atoms with Crippen LogP contribution in [0.15, 0.2) is 87.2 Å². The minimum absolute atomic E-state index is 0.147. The maximum atomic E-state index is 13.0. The topological polar surface area (TPSA) is 29.4 Å². The zero-order valence-electron chi connectivity index (χ0n) is 11.4. The third-order valence-electron chi connectivity index (χ3n) is 3.34. The Kier molecular flexibility index (Phi) is 4.37. The van der Waals surface area contributed by atoms with Crippen LogP contribution in [0.25, 0.3) is 0 Å². The van der Waals surface area contributed by atoms with Crippen molar-refractivity contribution in [1.82, 2.24) is 0 Å². The molecule has 0 saturated heterocycles. The average molecular weight is 335 g/mol. The number of benzene rings is 2. The van der Waals surface area contributed by atoms with E-state index >= 15 is 0 Å². The third kappa shape index (κ3) is 3.17. The van der Waals surface area contributed by atoms with Crippen LogP contribution in [0.3, 0.4) is 0 Å². The molecule has 0 bridgehead atoms. The standard InChI is InChI=1S/C18H14AsNO/c21-18(15-10-5-2-6-11-15)17(14-8-3-1-4-9-14)16-12-7-13-20-19-16/h1-13,17H. The number of ketones is 1. The summed E-state index contributed by atoms with van der Waals surface area (Å²) in [5.41, 5.74) is 1.79. The Morgan fingerprint density at radius 3 is 2.24 bits per heavy atom. The maximum absolute atomic E-state index is 13.0. The molecule has 2 aromatic rings. The van der Waals surface area contributed by atoms with Crippen LogP contribution in [0.1, 0.15) is 21.8 Å². The van der Waals surface area contributed by atoms with Crippen molar-refractivity contribution in [3.8, 4) is 0 Å². The predicted octanol–water partition coefficient (Wildman–Crippen LogP) is 3.95. The Morgan fingerprint density at radius 2 is 1.62 bits per heavy atom. The van der Waals surface area contributed by atoms with Gasteiger partial charge >= 0.3 is 130 Å². The fourth-order valence-corrected chi connectivity index (χ4v) is 4.04. The molecule has 1 heterocycles. The predicted molar refractivity (Wildman–Crippen MR) is 85.4 cm³/mol. The number of carbonyl (C=O) groups excluding carboxylic acids is 1. The first kappa shape index (κ1) is 13.9. The van der Waals surface area contributed by atoms with E-state index in [-0.39, 0.29) is 27.3 Å². The fourth-order valence-electron chi connectivity index (χ4n) is 2.34. The molecule has 0 aromatic heterocycles. The van der Waals surface area contributed by atoms with Gasteiger partial charge in [0.2, 0.25) is 0 Å². The van der Waals surface area contributed by atoms with E-state index in [1.807, 2.05) is 79.0 Å². The molecule has 0 N–H and O–H groups in total. The van der Waals surface area contributed by atoms with Gasteiger partial charge in [-0.15, -0.1) is 0 Å². The molecule has 0 amide bonds. The van der Waals surface area contributed by atoms with E-state index in [2.05, 4.69) is 3.86 Å². The summed E-state index contributed by atoms with van der Waals surface area (Å²) < 4.78 is 5.51. The van der Waals surface area contributed by atoms with Gasteiger partial charge in [0, 0.05) is 0 Å². The zero-order chi connectivity index (χ0) is 14.5. The molecule has 0 saturated carbocycles. The van der Waals surface area contributed by atoms with Crippen LogP contribution in [0.4, 0.5) is 0 Å². The van der Waals surface area contributed by atoms with Crippen LogP contribution in [-0.4, -0.2) is 21.3 Å². The van der Waals surface area contributed by atoms with Crippen LogP contribution in [0.5, 0.6) is 0 Å². The molecular weight excluding hydrogens is 321 g/mol. The van der Waals surface area contributed by atoms with Crippen molar-refractivity contribution >= 4 is 21.3 Å². The van der Waals surface area contributed by atoms with E-state index in [9.17, 15) is 4.79 Å². The summed E-state index contributed by atoms with van der Waals surface area (Å²) in [5, 5.41) is 0. The van der Waals surface area contributed by atoms with Crippen LogP contribution in [0.2, 0.25) is 0 Å². The number of hydrogen-bond acceptors (Lipinski definition) is 2. The first-order chi connectivity index (χ1) is 10.4. The molecule has 21 heavy (non-hydrogen) atoms. The molecule has 1 atom stereocenters. The minimum atomic E-state index is -0.310. The summed E-state index contributed by atoms with van der Waals surface area (Å²) in [5.74, 6) is -0.0730. The molecular formula is C18H14AsNO. The first-order valence-corrected chi connectivity index (χ1v) is 8.56. The Morgan fingerprint density at radius 1 is 0.952 bits per heavy atom. The van der Waals surface area contributed by atoms with Gasteiger partial charge in [0.25, 0.3) is 0 Å². The molecule has 102 valence electrons.